The zero-order valence-electron chi connectivity index (χ0n) is 18.3. The van der Waals surface area contributed by atoms with Crippen molar-refractivity contribution in [2.45, 2.75) is 12.0 Å². The number of nitro benzene ring substituents is 1. The fourth-order valence-electron chi connectivity index (χ4n) is 3.75. The maximum Gasteiger partial charge on any atom is 0.420 e. The molecule has 2 aliphatic rings. The Hall–Kier alpha value is -4.71. The Morgan fingerprint density at radius 1 is 1.17 bits per heavy atom. The van der Waals surface area contributed by atoms with Crippen molar-refractivity contribution < 1.29 is 29.2 Å². The highest BCUT2D eigenvalue weighted by molar-refractivity contribution is 8.03. The number of ether oxygens (including phenoxy) is 1. The number of β-lactam (4-membered cyclic amide) rings is 1. The summed E-state index contributed by atoms with van der Waals surface area (Å²) in [6, 6.07) is 14.6. The summed E-state index contributed by atoms with van der Waals surface area (Å²) >= 11 is 1.21. The minimum absolute atomic E-state index is 0.0704. The summed E-state index contributed by atoms with van der Waals surface area (Å²) in [5, 5.41) is 21.0. The lowest BCUT2D eigenvalue weighted by Gasteiger charge is -2.36. The number of rotatable bonds is 6. The standard InChI is InChI=1S/C24H16N4O7S/c29-21-18(22-27(21)19(13-36-22)23(30)31)10-16-11-26(20(25-16)15-4-2-1-3-5-15)24(32)35-12-14-6-8-17(9-7-14)28(33)34/h1-11,13,22H,12H2,(H,30,31)/b18-10-/t22-/m1/s1. The van der Waals surface area contributed by atoms with Gasteiger partial charge in [0.05, 0.1) is 16.2 Å². The number of carboxylic acids is 1. The SMILES string of the molecule is O=C(O)C1=CS[C@@H]2/C(=C\c3cn(C(=O)OCc4ccc([N+](=O)[O-])cc4)c(-c4ccccc4)n3)C(=O)N12. The van der Waals surface area contributed by atoms with Gasteiger partial charge in [0, 0.05) is 29.3 Å². The van der Waals surface area contributed by atoms with Crippen LogP contribution in [-0.2, 0) is 20.9 Å². The summed E-state index contributed by atoms with van der Waals surface area (Å²) in [4.78, 5) is 52.8. The number of aliphatic carboxylic acids is 1. The molecule has 36 heavy (non-hydrogen) atoms. The summed E-state index contributed by atoms with van der Waals surface area (Å²) in [5.74, 6) is -1.32. The number of nitrogens with zero attached hydrogens (tertiary/aromatic N) is 4. The van der Waals surface area contributed by atoms with Gasteiger partial charge in [0.15, 0.2) is 0 Å². The molecule has 2 aliphatic heterocycles. The van der Waals surface area contributed by atoms with Gasteiger partial charge < -0.3 is 9.84 Å². The van der Waals surface area contributed by atoms with E-state index in [0.717, 1.165) is 0 Å². The Balaban J connectivity index is 1.39. The van der Waals surface area contributed by atoms with Gasteiger partial charge in [0.2, 0.25) is 0 Å². The summed E-state index contributed by atoms with van der Waals surface area (Å²) < 4.78 is 6.63. The Bertz CT molecular complexity index is 1460. The average molecular weight is 504 g/mol. The lowest BCUT2D eigenvalue weighted by molar-refractivity contribution is -0.384. The molecular formula is C24H16N4O7S. The molecule has 0 aliphatic carbocycles. The summed E-state index contributed by atoms with van der Waals surface area (Å²) in [6.07, 6.45) is 2.24. The first-order valence-corrected chi connectivity index (χ1v) is 11.5. The van der Waals surface area contributed by atoms with Crippen molar-refractivity contribution in [2.75, 3.05) is 0 Å². The first-order valence-electron chi connectivity index (χ1n) is 10.5. The van der Waals surface area contributed by atoms with E-state index in [1.165, 1.54) is 63.2 Å². The van der Waals surface area contributed by atoms with Crippen molar-refractivity contribution >= 4 is 41.5 Å². The van der Waals surface area contributed by atoms with Crippen LogP contribution in [0.15, 0.2) is 77.5 Å². The van der Waals surface area contributed by atoms with Crippen molar-refractivity contribution in [3.8, 4) is 11.4 Å². The second-order valence-corrected chi connectivity index (χ2v) is 8.73. The predicted octanol–water partition coefficient (Wildman–Crippen LogP) is 3.87. The molecule has 11 nitrogen and oxygen atoms in total. The molecule has 0 unspecified atom stereocenters. The lowest BCUT2D eigenvalue weighted by Crippen LogP contribution is -2.51. The fraction of sp³-hybridized carbons (Fsp3) is 0.0833. The summed E-state index contributed by atoms with van der Waals surface area (Å²) in [5.41, 5.74) is 1.76. The van der Waals surface area contributed by atoms with E-state index in [-0.39, 0.29) is 18.0 Å². The van der Waals surface area contributed by atoms with Crippen LogP contribution < -0.4 is 0 Å². The molecule has 180 valence electrons. The number of non-ortho nitro benzene ring substituents is 1. The number of fused-ring (bicyclic) bond motifs is 1. The van der Waals surface area contributed by atoms with Crippen LogP contribution in [-0.4, -0.2) is 47.8 Å². The van der Waals surface area contributed by atoms with Crippen molar-refractivity contribution in [3.63, 3.8) is 0 Å². The molecule has 12 heteroatoms. The second-order valence-electron chi connectivity index (χ2n) is 7.78. The molecule has 1 N–H and O–H groups in total. The van der Waals surface area contributed by atoms with E-state index in [0.29, 0.717) is 28.2 Å². The van der Waals surface area contributed by atoms with E-state index in [4.69, 9.17) is 4.74 Å². The number of imidazole rings is 1. The lowest BCUT2D eigenvalue weighted by atomic mass is 10.0. The number of benzene rings is 2. The Morgan fingerprint density at radius 2 is 1.89 bits per heavy atom. The quantitative estimate of drug-likeness (QED) is 0.229. The topological polar surface area (TPSA) is 145 Å². The van der Waals surface area contributed by atoms with E-state index in [1.807, 2.05) is 6.07 Å². The van der Waals surface area contributed by atoms with E-state index < -0.39 is 28.3 Å². The maximum atomic E-state index is 13.0. The van der Waals surface area contributed by atoms with Crippen LogP contribution in [0.2, 0.25) is 0 Å². The molecule has 3 heterocycles. The van der Waals surface area contributed by atoms with Gasteiger partial charge in [-0.3, -0.25) is 19.8 Å². The molecule has 0 saturated carbocycles. The number of nitro groups is 1. The Morgan fingerprint density at radius 3 is 2.56 bits per heavy atom. The number of amides is 1. The van der Waals surface area contributed by atoms with Crippen molar-refractivity contribution in [1.82, 2.24) is 14.5 Å². The number of aromatic nitrogens is 2. The number of carboxylic acid groups (broad SMARTS) is 1. The molecule has 5 rings (SSSR count). The smallest absolute Gasteiger partial charge is 0.420 e. The highest BCUT2D eigenvalue weighted by atomic mass is 32.2. The van der Waals surface area contributed by atoms with Crippen LogP contribution in [0.5, 0.6) is 0 Å². The van der Waals surface area contributed by atoms with Gasteiger partial charge >= 0.3 is 12.1 Å². The summed E-state index contributed by atoms with van der Waals surface area (Å²) in [6.45, 7) is -0.116. The van der Waals surface area contributed by atoms with E-state index in [9.17, 15) is 29.6 Å². The number of thioether (sulfide) groups is 1. The highest BCUT2D eigenvalue weighted by Crippen LogP contribution is 2.45. The van der Waals surface area contributed by atoms with Crippen molar-refractivity contribution in [1.29, 1.82) is 0 Å². The molecule has 0 radical (unpaired) electrons. The van der Waals surface area contributed by atoms with E-state index in [1.54, 1.807) is 24.3 Å². The van der Waals surface area contributed by atoms with Crippen molar-refractivity contribution in [2.24, 2.45) is 0 Å². The van der Waals surface area contributed by atoms with Gasteiger partial charge in [-0.25, -0.2) is 19.1 Å². The van der Waals surface area contributed by atoms with Crippen LogP contribution in [0.1, 0.15) is 11.3 Å². The average Bonchev–Trinajstić information content (AvgIpc) is 3.49. The Kier molecular flexibility index (Phi) is 5.86. The van der Waals surface area contributed by atoms with Crippen molar-refractivity contribution in [3.05, 3.63) is 98.8 Å². The third-order valence-electron chi connectivity index (χ3n) is 5.52. The van der Waals surface area contributed by atoms with Crippen LogP contribution in [0.3, 0.4) is 0 Å². The van der Waals surface area contributed by atoms with E-state index >= 15 is 0 Å². The highest BCUT2D eigenvalue weighted by Gasteiger charge is 2.49. The second kappa shape index (κ2) is 9.15. The van der Waals surface area contributed by atoms with Gasteiger partial charge in [-0.15, -0.1) is 11.8 Å². The molecule has 1 saturated heterocycles. The molecule has 1 amide bonds. The van der Waals surface area contributed by atoms with Crippen LogP contribution in [0, 0.1) is 10.1 Å². The third kappa shape index (κ3) is 4.14. The fourth-order valence-corrected chi connectivity index (χ4v) is 4.87. The maximum absolute atomic E-state index is 13.0. The summed E-state index contributed by atoms with van der Waals surface area (Å²) in [7, 11) is 0. The monoisotopic (exact) mass is 504 g/mol. The molecule has 0 spiro atoms. The minimum atomic E-state index is -1.18. The van der Waals surface area contributed by atoms with E-state index in [2.05, 4.69) is 4.98 Å². The largest absolute Gasteiger partial charge is 0.477 e. The molecule has 0 bridgehead atoms. The molecule has 3 aromatic rings. The number of carbonyl (C=O) groups excluding carboxylic acids is 2. The van der Waals surface area contributed by atoms with Crippen LogP contribution in [0.25, 0.3) is 17.5 Å². The number of hydrogen-bond donors (Lipinski definition) is 1. The number of hydrogen-bond acceptors (Lipinski definition) is 8. The Labute approximate surface area is 207 Å². The number of carbonyl (C=O) groups is 3. The van der Waals surface area contributed by atoms with Crippen LogP contribution in [0.4, 0.5) is 10.5 Å². The molecule has 1 fully saturated rings. The van der Waals surface area contributed by atoms with Gasteiger partial charge in [-0.05, 0) is 23.8 Å². The van der Waals surface area contributed by atoms with Crippen LogP contribution >= 0.6 is 11.8 Å². The normalized spacial score (nSPS) is 17.4. The molecular weight excluding hydrogens is 488 g/mol. The predicted molar refractivity (Wildman–Crippen MR) is 128 cm³/mol. The first-order chi connectivity index (χ1) is 17.3. The molecule has 1 aromatic heterocycles. The van der Waals surface area contributed by atoms with Gasteiger partial charge in [-0.1, -0.05) is 30.3 Å². The van der Waals surface area contributed by atoms with Gasteiger partial charge in [0.25, 0.3) is 11.6 Å². The minimum Gasteiger partial charge on any atom is -0.477 e. The third-order valence-corrected chi connectivity index (χ3v) is 6.60. The molecule has 2 aromatic carbocycles. The molecule has 1 atom stereocenters. The van der Waals surface area contributed by atoms with Gasteiger partial charge in [-0.2, -0.15) is 0 Å². The zero-order chi connectivity index (χ0) is 25.4. The first kappa shape index (κ1) is 23.1. The zero-order valence-corrected chi connectivity index (χ0v) is 19.1. The van der Waals surface area contributed by atoms with Gasteiger partial charge in [0.1, 0.15) is 23.5 Å².